The third kappa shape index (κ3) is 6.48. The van der Waals surface area contributed by atoms with E-state index in [1.165, 1.54) is 24.5 Å². The Morgan fingerprint density at radius 1 is 1.18 bits per heavy atom. The Bertz CT molecular complexity index is 884. The van der Waals surface area contributed by atoms with Gasteiger partial charge in [-0.05, 0) is 24.1 Å². The van der Waals surface area contributed by atoms with Crippen LogP contribution >= 0.6 is 0 Å². The Hall–Kier alpha value is -3.82. The predicted octanol–water partition coefficient (Wildman–Crippen LogP) is 2.30. The largest absolute Gasteiger partial charge is 0.337 e. The topological polar surface area (TPSA) is 139 Å². The summed E-state index contributed by atoms with van der Waals surface area (Å²) in [5, 5.41) is 13.4. The summed E-state index contributed by atoms with van der Waals surface area (Å²) in [7, 11) is 0. The number of nitrogens with one attached hydrogen (secondary N) is 3. The maximum atomic E-state index is 12.1. The molecule has 1 heterocycles. The first-order chi connectivity index (χ1) is 13.5. The van der Waals surface area contributed by atoms with Gasteiger partial charge in [-0.2, -0.15) is 0 Å². The Kier molecular flexibility index (Phi) is 7.58. The summed E-state index contributed by atoms with van der Waals surface area (Å²) in [4.78, 5) is 41.8. The minimum atomic E-state index is -0.599. The third-order valence-electron chi connectivity index (χ3n) is 3.55. The molecule has 146 valence electrons. The van der Waals surface area contributed by atoms with E-state index in [-0.39, 0.29) is 11.4 Å². The molecule has 0 aliphatic carbocycles. The third-order valence-corrected chi connectivity index (χ3v) is 3.55. The van der Waals surface area contributed by atoms with E-state index in [1.54, 1.807) is 24.3 Å². The van der Waals surface area contributed by atoms with Gasteiger partial charge in [0.25, 0.3) is 11.6 Å². The van der Waals surface area contributed by atoms with Crippen LogP contribution in [0.5, 0.6) is 0 Å². The number of aromatic nitrogens is 2. The van der Waals surface area contributed by atoms with Gasteiger partial charge < -0.3 is 5.32 Å². The van der Waals surface area contributed by atoms with Crippen LogP contribution in [0.25, 0.3) is 12.2 Å². The van der Waals surface area contributed by atoms with Crippen molar-refractivity contribution in [3.8, 4) is 0 Å². The van der Waals surface area contributed by atoms with Crippen LogP contribution in [0.15, 0.2) is 36.7 Å². The minimum absolute atomic E-state index is 0.0202. The molecule has 0 atom stereocenters. The number of hydrogen-bond donors (Lipinski definition) is 3. The molecular weight excluding hydrogens is 364 g/mol. The van der Waals surface area contributed by atoms with Crippen molar-refractivity contribution in [3.05, 3.63) is 63.7 Å². The lowest BCUT2D eigenvalue weighted by molar-refractivity contribution is -0.384. The molecule has 0 saturated carbocycles. The number of amides is 3. The van der Waals surface area contributed by atoms with Crippen LogP contribution in [0, 0.1) is 10.1 Å². The molecule has 0 aliphatic heterocycles. The highest BCUT2D eigenvalue weighted by Crippen LogP contribution is 2.15. The smallest absolute Gasteiger partial charge is 0.333 e. The number of hydrogen-bond acceptors (Lipinski definition) is 6. The second-order valence-corrected chi connectivity index (χ2v) is 5.70. The summed E-state index contributed by atoms with van der Waals surface area (Å²) in [5.41, 5.74) is 5.58. The molecule has 0 bridgehead atoms. The highest BCUT2D eigenvalue weighted by Gasteiger charge is 2.09. The molecule has 10 nitrogen and oxygen atoms in total. The zero-order valence-corrected chi connectivity index (χ0v) is 15.2. The van der Waals surface area contributed by atoms with E-state index >= 15 is 0 Å². The second-order valence-electron chi connectivity index (χ2n) is 5.70. The number of unbranched alkanes of at least 4 members (excludes halogenated alkanes) is 1. The number of nitro benzene ring substituents is 1. The Labute approximate surface area is 161 Å². The van der Waals surface area contributed by atoms with Crippen LogP contribution < -0.4 is 16.2 Å². The average molecular weight is 384 g/mol. The summed E-state index contributed by atoms with van der Waals surface area (Å²) in [6.07, 6.45) is 6.23. The normalized spacial score (nSPS) is 10.5. The van der Waals surface area contributed by atoms with Crippen LogP contribution in [0.2, 0.25) is 0 Å². The molecule has 0 unspecified atom stereocenters. The number of non-ortho nitro benzene ring substituents is 1. The van der Waals surface area contributed by atoms with Crippen molar-refractivity contribution >= 4 is 29.8 Å². The molecule has 3 N–H and O–H groups in total. The zero-order chi connectivity index (χ0) is 20.4. The molecule has 0 saturated heterocycles. The maximum absolute atomic E-state index is 12.1. The van der Waals surface area contributed by atoms with Gasteiger partial charge in [0, 0.05) is 18.7 Å². The predicted molar refractivity (Wildman–Crippen MR) is 103 cm³/mol. The van der Waals surface area contributed by atoms with Crippen LogP contribution in [0.1, 0.15) is 41.5 Å². The quantitative estimate of drug-likeness (QED) is 0.380. The van der Waals surface area contributed by atoms with Crippen molar-refractivity contribution in [1.82, 2.24) is 26.1 Å². The lowest BCUT2D eigenvalue weighted by Gasteiger charge is -2.08. The van der Waals surface area contributed by atoms with Gasteiger partial charge in [0.2, 0.25) is 0 Å². The maximum Gasteiger partial charge on any atom is 0.333 e. The first kappa shape index (κ1) is 20.5. The molecular formula is C18H20N6O4. The molecule has 0 fully saturated rings. The van der Waals surface area contributed by atoms with Crippen LogP contribution in [-0.4, -0.2) is 33.4 Å². The van der Waals surface area contributed by atoms with E-state index in [2.05, 4.69) is 26.1 Å². The van der Waals surface area contributed by atoms with Gasteiger partial charge in [-0.1, -0.05) is 31.6 Å². The number of urea groups is 1. The fourth-order valence-corrected chi connectivity index (χ4v) is 2.11. The number of nitrogens with zero attached hydrogens (tertiary/aromatic N) is 3. The fourth-order valence-electron chi connectivity index (χ4n) is 2.11. The number of rotatable bonds is 7. The van der Waals surface area contributed by atoms with Crippen molar-refractivity contribution < 1.29 is 14.5 Å². The van der Waals surface area contributed by atoms with Crippen LogP contribution in [0.4, 0.5) is 10.5 Å². The molecule has 28 heavy (non-hydrogen) atoms. The highest BCUT2D eigenvalue weighted by atomic mass is 16.6. The Morgan fingerprint density at radius 3 is 2.75 bits per heavy atom. The van der Waals surface area contributed by atoms with E-state index in [9.17, 15) is 19.7 Å². The van der Waals surface area contributed by atoms with Crippen molar-refractivity contribution in [2.45, 2.75) is 19.8 Å². The van der Waals surface area contributed by atoms with E-state index in [1.807, 2.05) is 6.92 Å². The average Bonchev–Trinajstić information content (AvgIpc) is 2.71. The Morgan fingerprint density at radius 2 is 2.00 bits per heavy atom. The number of carbonyl (C=O) groups is 2. The summed E-state index contributed by atoms with van der Waals surface area (Å²) in [6, 6.07) is 7.02. The van der Waals surface area contributed by atoms with E-state index in [0.29, 0.717) is 17.8 Å². The first-order valence-corrected chi connectivity index (χ1v) is 8.58. The summed E-state index contributed by atoms with van der Waals surface area (Å²) in [6.45, 7) is 2.51. The van der Waals surface area contributed by atoms with Gasteiger partial charge in [0.1, 0.15) is 12.0 Å². The molecule has 1 aromatic carbocycles. The standard InChI is InChI=1S/C18H20N6O4/c1-2-3-9-19-18(26)23-22-17(25)16-11-14(20-12-21-16)8-7-13-5-4-6-15(10-13)24(27)28/h4-8,10-12H,2-3,9H2,1H3,(H,22,25)(H2,19,23,26)/b8-7+. The monoisotopic (exact) mass is 384 g/mol. The molecule has 2 rings (SSSR count). The molecule has 3 amide bonds. The van der Waals surface area contributed by atoms with Crippen molar-refractivity contribution in [1.29, 1.82) is 0 Å². The van der Waals surface area contributed by atoms with E-state index in [4.69, 9.17) is 0 Å². The Balaban J connectivity index is 1.97. The molecule has 10 heteroatoms. The van der Waals surface area contributed by atoms with Crippen molar-refractivity contribution in [2.24, 2.45) is 0 Å². The number of benzene rings is 1. The molecule has 0 aliphatic rings. The summed E-state index contributed by atoms with van der Waals surface area (Å²) < 4.78 is 0. The van der Waals surface area contributed by atoms with E-state index < -0.39 is 16.9 Å². The fraction of sp³-hybridized carbons (Fsp3) is 0.222. The van der Waals surface area contributed by atoms with Crippen LogP contribution in [-0.2, 0) is 0 Å². The minimum Gasteiger partial charge on any atom is -0.337 e. The van der Waals surface area contributed by atoms with Gasteiger partial charge in [0.05, 0.1) is 10.6 Å². The van der Waals surface area contributed by atoms with Gasteiger partial charge in [-0.15, -0.1) is 0 Å². The summed E-state index contributed by atoms with van der Waals surface area (Å²) in [5.74, 6) is -0.599. The molecule has 2 aromatic rings. The van der Waals surface area contributed by atoms with E-state index in [0.717, 1.165) is 12.8 Å². The molecule has 0 radical (unpaired) electrons. The van der Waals surface area contributed by atoms with Gasteiger partial charge in [-0.3, -0.25) is 20.3 Å². The van der Waals surface area contributed by atoms with Gasteiger partial charge in [0.15, 0.2) is 0 Å². The van der Waals surface area contributed by atoms with Gasteiger partial charge in [-0.25, -0.2) is 20.2 Å². The number of carbonyl (C=O) groups excluding carboxylic acids is 2. The van der Waals surface area contributed by atoms with Gasteiger partial charge >= 0.3 is 6.03 Å². The highest BCUT2D eigenvalue weighted by molar-refractivity contribution is 5.93. The van der Waals surface area contributed by atoms with Crippen molar-refractivity contribution in [3.63, 3.8) is 0 Å². The lowest BCUT2D eigenvalue weighted by Crippen LogP contribution is -2.47. The number of hydrazine groups is 1. The van der Waals surface area contributed by atoms with Crippen LogP contribution in [0.3, 0.4) is 0 Å². The lowest BCUT2D eigenvalue weighted by atomic mass is 10.1. The first-order valence-electron chi connectivity index (χ1n) is 8.58. The number of nitro groups is 1. The van der Waals surface area contributed by atoms with Crippen molar-refractivity contribution in [2.75, 3.05) is 6.54 Å². The molecule has 1 aromatic heterocycles. The zero-order valence-electron chi connectivity index (χ0n) is 15.2. The summed E-state index contributed by atoms with van der Waals surface area (Å²) >= 11 is 0. The molecule has 0 spiro atoms. The SMILES string of the molecule is CCCCNC(=O)NNC(=O)c1cc(/C=C/c2cccc([N+](=O)[O-])c2)ncn1. The second kappa shape index (κ2) is 10.4.